The average molecular weight is 319 g/mol. The molecule has 116 valence electrons. The number of sulfone groups is 1. The molecule has 22 heavy (non-hydrogen) atoms. The van der Waals surface area contributed by atoms with Crippen molar-refractivity contribution in [3.8, 4) is 11.3 Å². The van der Waals surface area contributed by atoms with Crippen molar-refractivity contribution < 1.29 is 13.2 Å². The maximum absolute atomic E-state index is 11.6. The summed E-state index contributed by atoms with van der Waals surface area (Å²) in [6.07, 6.45) is 1.09. The van der Waals surface area contributed by atoms with Crippen LogP contribution in [0.5, 0.6) is 0 Å². The van der Waals surface area contributed by atoms with Gasteiger partial charge < -0.3 is 5.32 Å². The molecule has 2 rings (SSSR count). The first kappa shape index (κ1) is 16.1. The molecule has 1 aromatic carbocycles. The van der Waals surface area contributed by atoms with Gasteiger partial charge in [0.15, 0.2) is 14.9 Å². The molecule has 0 aliphatic rings. The van der Waals surface area contributed by atoms with E-state index in [2.05, 4.69) is 15.5 Å². The highest BCUT2D eigenvalue weighted by atomic mass is 32.2. The number of benzene rings is 1. The molecule has 0 aliphatic carbocycles. The number of hydrogen-bond acceptors (Lipinski definition) is 5. The van der Waals surface area contributed by atoms with Gasteiger partial charge in [0, 0.05) is 23.4 Å². The van der Waals surface area contributed by atoms with E-state index in [9.17, 15) is 13.2 Å². The van der Waals surface area contributed by atoms with Crippen molar-refractivity contribution in [3.05, 3.63) is 36.4 Å². The van der Waals surface area contributed by atoms with Crippen molar-refractivity contribution in [2.24, 2.45) is 5.92 Å². The molecular weight excluding hydrogens is 302 g/mol. The molecular formula is C15H17N3O3S. The standard InChI is InChI=1S/C15H17N3O3S/c1-10(2)15(19)16-12-6-4-11(5-7-12)13-8-9-14(18-17-13)22(3,20)21/h4-10H,1-3H3,(H,16,19). The Hall–Kier alpha value is -2.28. The maximum atomic E-state index is 11.6. The van der Waals surface area contributed by atoms with Crippen LogP contribution in [0.2, 0.25) is 0 Å². The minimum Gasteiger partial charge on any atom is -0.326 e. The molecule has 0 saturated heterocycles. The number of anilines is 1. The monoisotopic (exact) mass is 319 g/mol. The molecule has 2 aromatic rings. The number of aromatic nitrogens is 2. The number of nitrogens with zero attached hydrogens (tertiary/aromatic N) is 2. The predicted molar refractivity (Wildman–Crippen MR) is 84.0 cm³/mol. The van der Waals surface area contributed by atoms with Gasteiger partial charge in [0.05, 0.1) is 5.69 Å². The van der Waals surface area contributed by atoms with Crippen LogP contribution in [-0.2, 0) is 14.6 Å². The molecule has 0 aliphatic heterocycles. The van der Waals surface area contributed by atoms with Crippen LogP contribution in [0.15, 0.2) is 41.4 Å². The molecule has 0 unspecified atom stereocenters. The molecule has 1 heterocycles. The zero-order valence-corrected chi connectivity index (χ0v) is 13.4. The Labute approximate surface area is 129 Å². The lowest BCUT2D eigenvalue weighted by atomic mass is 10.1. The summed E-state index contributed by atoms with van der Waals surface area (Å²) in [5.41, 5.74) is 2.05. The highest BCUT2D eigenvalue weighted by molar-refractivity contribution is 7.90. The van der Waals surface area contributed by atoms with Gasteiger partial charge in [-0.25, -0.2) is 8.42 Å². The van der Waals surface area contributed by atoms with E-state index in [1.807, 2.05) is 13.8 Å². The number of amides is 1. The van der Waals surface area contributed by atoms with Gasteiger partial charge in [-0.15, -0.1) is 10.2 Å². The molecule has 0 saturated carbocycles. The molecule has 6 nitrogen and oxygen atoms in total. The highest BCUT2D eigenvalue weighted by Crippen LogP contribution is 2.20. The molecule has 0 bridgehead atoms. The van der Waals surface area contributed by atoms with Crippen molar-refractivity contribution >= 4 is 21.4 Å². The van der Waals surface area contributed by atoms with Crippen LogP contribution in [0.1, 0.15) is 13.8 Å². The van der Waals surface area contributed by atoms with E-state index in [1.54, 1.807) is 30.3 Å². The number of nitrogens with one attached hydrogen (secondary N) is 1. The number of carbonyl (C=O) groups excluding carboxylic acids is 1. The summed E-state index contributed by atoms with van der Waals surface area (Å²) in [6, 6.07) is 10.1. The summed E-state index contributed by atoms with van der Waals surface area (Å²) in [5.74, 6) is -0.140. The smallest absolute Gasteiger partial charge is 0.226 e. The summed E-state index contributed by atoms with van der Waals surface area (Å²) in [5, 5.41) is 10.4. The van der Waals surface area contributed by atoms with Crippen LogP contribution in [0.25, 0.3) is 11.3 Å². The predicted octanol–water partition coefficient (Wildman–Crippen LogP) is 2.14. The second kappa shape index (κ2) is 6.23. The fourth-order valence-electron chi connectivity index (χ4n) is 1.68. The molecule has 0 fully saturated rings. The molecule has 0 atom stereocenters. The summed E-state index contributed by atoms with van der Waals surface area (Å²) in [4.78, 5) is 11.6. The molecule has 0 spiro atoms. The molecule has 1 N–H and O–H groups in total. The lowest BCUT2D eigenvalue weighted by molar-refractivity contribution is -0.118. The second-order valence-corrected chi connectivity index (χ2v) is 7.21. The molecule has 7 heteroatoms. The van der Waals surface area contributed by atoms with E-state index in [0.29, 0.717) is 11.4 Å². The van der Waals surface area contributed by atoms with Gasteiger partial charge in [-0.3, -0.25) is 4.79 Å². The molecule has 0 radical (unpaired) electrons. The fraction of sp³-hybridized carbons (Fsp3) is 0.267. The Balaban J connectivity index is 2.18. The van der Waals surface area contributed by atoms with Crippen LogP contribution in [0.3, 0.4) is 0 Å². The lowest BCUT2D eigenvalue weighted by Crippen LogP contribution is -2.17. The van der Waals surface area contributed by atoms with E-state index in [4.69, 9.17) is 0 Å². The number of hydrogen-bond donors (Lipinski definition) is 1. The van der Waals surface area contributed by atoms with Gasteiger partial charge in [-0.05, 0) is 24.3 Å². The zero-order valence-electron chi connectivity index (χ0n) is 12.6. The van der Waals surface area contributed by atoms with Gasteiger partial charge >= 0.3 is 0 Å². The van der Waals surface area contributed by atoms with Crippen LogP contribution in [0, 0.1) is 5.92 Å². The topological polar surface area (TPSA) is 89.0 Å². The van der Waals surface area contributed by atoms with Crippen molar-refractivity contribution in [3.63, 3.8) is 0 Å². The van der Waals surface area contributed by atoms with Gasteiger partial charge in [-0.1, -0.05) is 26.0 Å². The Kier molecular flexibility index (Phi) is 4.56. The molecule has 1 amide bonds. The minimum absolute atomic E-state index is 0.0509. The lowest BCUT2D eigenvalue weighted by Gasteiger charge is -2.08. The van der Waals surface area contributed by atoms with Crippen LogP contribution >= 0.6 is 0 Å². The van der Waals surface area contributed by atoms with Crippen molar-refractivity contribution in [1.82, 2.24) is 10.2 Å². The van der Waals surface area contributed by atoms with Crippen molar-refractivity contribution in [2.45, 2.75) is 18.9 Å². The van der Waals surface area contributed by atoms with Crippen LogP contribution < -0.4 is 5.32 Å². The Bertz CT molecular complexity index is 767. The van der Waals surface area contributed by atoms with Gasteiger partial charge in [0.25, 0.3) is 0 Å². The number of rotatable bonds is 4. The second-order valence-electron chi connectivity index (χ2n) is 5.25. The van der Waals surface area contributed by atoms with Crippen molar-refractivity contribution in [1.29, 1.82) is 0 Å². The average Bonchev–Trinajstić information content (AvgIpc) is 2.47. The third-order valence-corrected chi connectivity index (χ3v) is 3.97. The Morgan fingerprint density at radius 3 is 2.14 bits per heavy atom. The van der Waals surface area contributed by atoms with E-state index >= 15 is 0 Å². The Morgan fingerprint density at radius 1 is 1.05 bits per heavy atom. The van der Waals surface area contributed by atoms with Crippen LogP contribution in [-0.4, -0.2) is 30.8 Å². The first-order valence-corrected chi connectivity index (χ1v) is 8.61. The third kappa shape index (κ3) is 3.88. The minimum atomic E-state index is -3.35. The van der Waals surface area contributed by atoms with Gasteiger partial charge in [0.1, 0.15) is 0 Å². The highest BCUT2D eigenvalue weighted by Gasteiger charge is 2.10. The van der Waals surface area contributed by atoms with Crippen LogP contribution in [0.4, 0.5) is 5.69 Å². The van der Waals surface area contributed by atoms with Crippen molar-refractivity contribution in [2.75, 3.05) is 11.6 Å². The zero-order chi connectivity index (χ0) is 16.3. The first-order valence-electron chi connectivity index (χ1n) is 6.72. The summed E-state index contributed by atoms with van der Waals surface area (Å²) < 4.78 is 22.7. The molecule has 1 aromatic heterocycles. The Morgan fingerprint density at radius 2 is 1.68 bits per heavy atom. The number of carbonyl (C=O) groups is 1. The largest absolute Gasteiger partial charge is 0.326 e. The fourth-order valence-corrected chi connectivity index (χ4v) is 2.19. The quantitative estimate of drug-likeness (QED) is 0.932. The first-order chi connectivity index (χ1) is 10.3. The maximum Gasteiger partial charge on any atom is 0.226 e. The van der Waals surface area contributed by atoms with E-state index in [1.165, 1.54) is 6.07 Å². The normalized spacial score (nSPS) is 11.5. The van der Waals surface area contributed by atoms with E-state index < -0.39 is 9.84 Å². The SMILES string of the molecule is CC(C)C(=O)Nc1ccc(-c2ccc(S(C)(=O)=O)nn2)cc1. The van der Waals surface area contributed by atoms with E-state index in [-0.39, 0.29) is 16.9 Å². The van der Waals surface area contributed by atoms with E-state index in [0.717, 1.165) is 11.8 Å². The van der Waals surface area contributed by atoms with Gasteiger partial charge in [0.2, 0.25) is 5.91 Å². The van der Waals surface area contributed by atoms with Gasteiger partial charge in [-0.2, -0.15) is 0 Å². The summed E-state index contributed by atoms with van der Waals surface area (Å²) in [7, 11) is -3.35. The summed E-state index contributed by atoms with van der Waals surface area (Å²) in [6.45, 7) is 3.64. The summed E-state index contributed by atoms with van der Waals surface area (Å²) >= 11 is 0. The third-order valence-electron chi connectivity index (χ3n) is 2.99.